The highest BCUT2D eigenvalue weighted by Gasteiger charge is 2.20. The van der Waals surface area contributed by atoms with Crippen LogP contribution in [0, 0.1) is 5.41 Å². The van der Waals surface area contributed by atoms with Gasteiger partial charge in [0.1, 0.15) is 0 Å². The third kappa shape index (κ3) is 10.2. The van der Waals surface area contributed by atoms with Crippen molar-refractivity contribution in [1.82, 2.24) is 20.9 Å². The van der Waals surface area contributed by atoms with Gasteiger partial charge in [0, 0.05) is 44.7 Å². The van der Waals surface area contributed by atoms with Crippen LogP contribution in [-0.4, -0.2) is 62.6 Å². The fraction of sp³-hybridized carbons (Fsp3) is 0.889. The summed E-state index contributed by atoms with van der Waals surface area (Å²) in [5.41, 5.74) is -0.342. The van der Waals surface area contributed by atoms with Gasteiger partial charge in [0.25, 0.3) is 0 Å². The molecule has 1 aliphatic heterocycles. The van der Waals surface area contributed by atoms with Gasteiger partial charge in [-0.15, -0.1) is 24.0 Å². The number of nitrogens with zero attached hydrogens (tertiary/aromatic N) is 2. The molecule has 3 N–H and O–H groups in total. The number of halogens is 1. The summed E-state index contributed by atoms with van der Waals surface area (Å²) in [5, 5.41) is 9.50. The van der Waals surface area contributed by atoms with Crippen molar-refractivity contribution in [3.05, 3.63) is 0 Å². The SMILES string of the molecule is CN=C(NCCCN1CCCCC1C)NCCNC(=O)C(C)(C)C.I. The van der Waals surface area contributed by atoms with Crippen LogP contribution in [0.2, 0.25) is 0 Å². The summed E-state index contributed by atoms with van der Waals surface area (Å²) in [6, 6.07) is 0.725. The molecule has 6 nitrogen and oxygen atoms in total. The van der Waals surface area contributed by atoms with Gasteiger partial charge in [0.2, 0.25) is 5.91 Å². The van der Waals surface area contributed by atoms with Gasteiger partial charge in [0.05, 0.1) is 0 Å². The zero-order valence-corrected chi connectivity index (χ0v) is 19.0. The Balaban J connectivity index is 0.00000576. The second kappa shape index (κ2) is 12.7. The first-order chi connectivity index (χ1) is 11.3. The molecule has 1 rings (SSSR count). The lowest BCUT2D eigenvalue weighted by molar-refractivity contribution is -0.128. The number of likely N-dealkylation sites (tertiary alicyclic amines) is 1. The van der Waals surface area contributed by atoms with Crippen molar-refractivity contribution < 1.29 is 4.79 Å². The van der Waals surface area contributed by atoms with Gasteiger partial charge >= 0.3 is 0 Å². The van der Waals surface area contributed by atoms with Crippen LogP contribution in [0.3, 0.4) is 0 Å². The average Bonchev–Trinajstić information content (AvgIpc) is 2.53. The smallest absolute Gasteiger partial charge is 0.225 e. The van der Waals surface area contributed by atoms with E-state index >= 15 is 0 Å². The van der Waals surface area contributed by atoms with Crippen molar-refractivity contribution in [3.63, 3.8) is 0 Å². The molecule has 0 radical (unpaired) electrons. The zero-order chi connectivity index (χ0) is 18.0. The third-order valence-corrected chi connectivity index (χ3v) is 4.46. The molecule has 1 amide bonds. The molecule has 0 saturated carbocycles. The number of hydrogen-bond donors (Lipinski definition) is 3. The second-order valence-corrected chi connectivity index (χ2v) is 7.67. The first-order valence-corrected chi connectivity index (χ1v) is 9.31. The maximum atomic E-state index is 11.8. The van der Waals surface area contributed by atoms with Gasteiger partial charge in [0.15, 0.2) is 5.96 Å². The Morgan fingerprint density at radius 3 is 2.36 bits per heavy atom. The van der Waals surface area contributed by atoms with Crippen LogP contribution in [0.4, 0.5) is 0 Å². The number of carbonyl (C=O) groups excluding carboxylic acids is 1. The predicted octanol–water partition coefficient (Wildman–Crippen LogP) is 2.20. The lowest BCUT2D eigenvalue weighted by atomic mass is 9.96. The summed E-state index contributed by atoms with van der Waals surface area (Å²) in [6.45, 7) is 12.6. The Hall–Kier alpha value is -0.570. The van der Waals surface area contributed by atoms with Gasteiger partial charge in [-0.25, -0.2) is 0 Å². The van der Waals surface area contributed by atoms with Crippen molar-refractivity contribution in [1.29, 1.82) is 0 Å². The molecule has 0 spiro atoms. The molecular formula is C18H38IN5O. The molecule has 25 heavy (non-hydrogen) atoms. The number of nitrogens with one attached hydrogen (secondary N) is 3. The van der Waals surface area contributed by atoms with E-state index in [2.05, 4.69) is 32.8 Å². The minimum atomic E-state index is -0.342. The molecule has 1 heterocycles. The molecule has 0 aromatic heterocycles. The van der Waals surface area contributed by atoms with Gasteiger partial charge < -0.3 is 20.9 Å². The van der Waals surface area contributed by atoms with Gasteiger partial charge in [-0.2, -0.15) is 0 Å². The highest BCUT2D eigenvalue weighted by Crippen LogP contribution is 2.16. The predicted molar refractivity (Wildman–Crippen MR) is 117 cm³/mol. The average molecular weight is 467 g/mol. The maximum Gasteiger partial charge on any atom is 0.225 e. The topological polar surface area (TPSA) is 68.8 Å². The second-order valence-electron chi connectivity index (χ2n) is 7.67. The van der Waals surface area contributed by atoms with E-state index in [1.54, 1.807) is 7.05 Å². The Kier molecular flexibility index (Phi) is 12.4. The van der Waals surface area contributed by atoms with E-state index in [-0.39, 0.29) is 35.3 Å². The number of rotatable bonds is 7. The van der Waals surface area contributed by atoms with Crippen LogP contribution in [0.15, 0.2) is 4.99 Å². The maximum absolute atomic E-state index is 11.8. The largest absolute Gasteiger partial charge is 0.356 e. The Labute approximate surface area is 171 Å². The standard InChI is InChI=1S/C18H37N5O.HI/c1-15-9-6-7-13-23(15)14-8-10-21-17(19-5)22-12-11-20-16(24)18(2,3)4;/h15H,6-14H2,1-5H3,(H,20,24)(H2,19,21,22);1H. The number of piperidine rings is 1. The number of amides is 1. The highest BCUT2D eigenvalue weighted by molar-refractivity contribution is 14.0. The summed E-state index contributed by atoms with van der Waals surface area (Å²) < 4.78 is 0. The molecule has 0 aromatic carbocycles. The molecule has 7 heteroatoms. The first-order valence-electron chi connectivity index (χ1n) is 9.31. The Bertz CT molecular complexity index is 409. The van der Waals surface area contributed by atoms with E-state index < -0.39 is 0 Å². The van der Waals surface area contributed by atoms with Crippen molar-refractivity contribution in [2.24, 2.45) is 10.4 Å². The number of hydrogen-bond acceptors (Lipinski definition) is 3. The third-order valence-electron chi connectivity index (χ3n) is 4.46. The van der Waals surface area contributed by atoms with Gasteiger partial charge in [-0.1, -0.05) is 27.2 Å². The lowest BCUT2D eigenvalue weighted by Gasteiger charge is -2.33. The molecule has 0 aliphatic carbocycles. The zero-order valence-electron chi connectivity index (χ0n) is 16.7. The number of aliphatic imine (C=N–C) groups is 1. The Morgan fingerprint density at radius 2 is 1.76 bits per heavy atom. The summed E-state index contributed by atoms with van der Waals surface area (Å²) in [5.74, 6) is 0.870. The van der Waals surface area contributed by atoms with Crippen molar-refractivity contribution >= 4 is 35.8 Å². The van der Waals surface area contributed by atoms with Crippen LogP contribution in [0.1, 0.15) is 53.4 Å². The summed E-state index contributed by atoms with van der Waals surface area (Å²) in [7, 11) is 1.77. The molecule has 0 bridgehead atoms. The van der Waals surface area contributed by atoms with Gasteiger partial charge in [-0.3, -0.25) is 9.79 Å². The lowest BCUT2D eigenvalue weighted by Crippen LogP contribution is -2.44. The van der Waals surface area contributed by atoms with Gasteiger partial charge in [-0.05, 0) is 32.7 Å². The molecule has 0 aromatic rings. The van der Waals surface area contributed by atoms with Crippen molar-refractivity contribution in [3.8, 4) is 0 Å². The monoisotopic (exact) mass is 467 g/mol. The molecule has 1 unspecified atom stereocenters. The van der Waals surface area contributed by atoms with E-state index in [0.29, 0.717) is 13.1 Å². The minimum Gasteiger partial charge on any atom is -0.356 e. The minimum absolute atomic E-state index is 0. The number of carbonyl (C=O) groups is 1. The van der Waals surface area contributed by atoms with E-state index in [1.807, 2.05) is 20.8 Å². The van der Waals surface area contributed by atoms with E-state index in [0.717, 1.165) is 31.5 Å². The van der Waals surface area contributed by atoms with Crippen LogP contribution in [-0.2, 0) is 4.79 Å². The van der Waals surface area contributed by atoms with E-state index in [1.165, 1.54) is 25.8 Å². The molecule has 1 aliphatic rings. The quantitative estimate of drug-likeness (QED) is 0.233. The van der Waals surface area contributed by atoms with Crippen LogP contribution in [0.5, 0.6) is 0 Å². The Morgan fingerprint density at radius 1 is 1.12 bits per heavy atom. The van der Waals surface area contributed by atoms with E-state index in [9.17, 15) is 4.79 Å². The normalized spacial score (nSPS) is 19.1. The summed E-state index contributed by atoms with van der Waals surface area (Å²) >= 11 is 0. The fourth-order valence-electron chi connectivity index (χ4n) is 2.82. The van der Waals surface area contributed by atoms with Crippen molar-refractivity contribution in [2.45, 2.75) is 59.4 Å². The fourth-order valence-corrected chi connectivity index (χ4v) is 2.82. The van der Waals surface area contributed by atoms with Crippen molar-refractivity contribution in [2.75, 3.05) is 39.8 Å². The number of guanidine groups is 1. The molecule has 1 saturated heterocycles. The molecular weight excluding hydrogens is 429 g/mol. The van der Waals surface area contributed by atoms with E-state index in [4.69, 9.17) is 0 Å². The summed E-state index contributed by atoms with van der Waals surface area (Å²) in [4.78, 5) is 18.6. The van der Waals surface area contributed by atoms with Crippen LogP contribution < -0.4 is 16.0 Å². The molecule has 148 valence electrons. The van der Waals surface area contributed by atoms with Crippen LogP contribution in [0.25, 0.3) is 0 Å². The molecule has 1 atom stereocenters. The molecule has 1 fully saturated rings. The summed E-state index contributed by atoms with van der Waals surface area (Å²) in [6.07, 6.45) is 5.16. The highest BCUT2D eigenvalue weighted by atomic mass is 127. The van der Waals surface area contributed by atoms with Crippen LogP contribution >= 0.6 is 24.0 Å². The first kappa shape index (κ1) is 24.4.